The average Bonchev–Trinajstić information content (AvgIpc) is 2.90. The number of nitrogens with one attached hydrogen (secondary N) is 1. The Morgan fingerprint density at radius 3 is 1.56 bits per heavy atom. The molecule has 0 amide bonds. The van der Waals surface area contributed by atoms with Crippen LogP contribution in [-0.2, 0) is 0 Å². The lowest BCUT2D eigenvalue weighted by Gasteiger charge is -2.23. The summed E-state index contributed by atoms with van der Waals surface area (Å²) in [5.74, 6) is 0. The summed E-state index contributed by atoms with van der Waals surface area (Å²) in [4.78, 5) is 4.54. The Kier molecular flexibility index (Phi) is 6.41. The van der Waals surface area contributed by atoms with Crippen LogP contribution in [-0.4, -0.2) is 10.9 Å². The van der Waals surface area contributed by atoms with Crippen molar-refractivity contribution in [2.75, 3.05) is 0 Å². The number of rotatable bonds is 5. The van der Waals surface area contributed by atoms with E-state index in [-0.39, 0.29) is 6.17 Å². The highest BCUT2D eigenvalue weighted by molar-refractivity contribution is 9.18. The molecule has 1 heterocycles. The van der Waals surface area contributed by atoms with Gasteiger partial charge in [-0.2, -0.15) is 0 Å². The molecule has 5 rings (SSSR count). The molecule has 0 bridgehead atoms. The van der Waals surface area contributed by atoms with Crippen LogP contribution in [0.4, 0.5) is 0 Å². The Hall–Kier alpha value is -3.89. The molecule has 4 heteroatoms. The zero-order valence-electron chi connectivity index (χ0n) is 18.5. The summed E-state index contributed by atoms with van der Waals surface area (Å²) in [7, 11) is 0. The van der Waals surface area contributed by atoms with Crippen molar-refractivity contribution in [2.45, 2.75) is 6.17 Å². The van der Waals surface area contributed by atoms with Crippen molar-refractivity contribution < 1.29 is 0 Å². The minimum absolute atomic E-state index is 0.269. The second kappa shape index (κ2) is 9.94. The van der Waals surface area contributed by atoms with E-state index >= 15 is 0 Å². The Bertz CT molecular complexity index is 1350. The number of halogens is 1. The van der Waals surface area contributed by atoms with Crippen molar-refractivity contribution in [1.29, 1.82) is 0 Å². The quantitative estimate of drug-likeness (QED) is 0.173. The number of hydrogen-bond acceptors (Lipinski definition) is 2. The van der Waals surface area contributed by atoms with E-state index in [9.17, 15) is 0 Å². The topological polar surface area (TPSA) is 50.4 Å². The van der Waals surface area contributed by atoms with Crippen molar-refractivity contribution in [3.8, 4) is 22.3 Å². The van der Waals surface area contributed by atoms with Gasteiger partial charge in [0.2, 0.25) is 0 Å². The second-order valence-corrected chi connectivity index (χ2v) is 8.92. The van der Waals surface area contributed by atoms with Crippen LogP contribution in [0.2, 0.25) is 0 Å². The third kappa shape index (κ3) is 4.87. The first kappa shape index (κ1) is 21.9. The van der Waals surface area contributed by atoms with Gasteiger partial charge in [-0.15, -0.1) is 0 Å². The van der Waals surface area contributed by atoms with Crippen molar-refractivity contribution in [1.82, 2.24) is 5.32 Å². The largest absolute Gasteiger partial charge is 0.378 e. The van der Waals surface area contributed by atoms with Crippen LogP contribution < -0.4 is 11.1 Å². The van der Waals surface area contributed by atoms with Gasteiger partial charge in [0.25, 0.3) is 0 Å². The Morgan fingerprint density at radius 2 is 1.06 bits per heavy atom. The van der Waals surface area contributed by atoms with E-state index < -0.39 is 0 Å². The summed E-state index contributed by atoms with van der Waals surface area (Å²) in [6.45, 7) is 0. The Morgan fingerprint density at radius 1 is 0.618 bits per heavy atom. The average molecular weight is 506 g/mol. The summed E-state index contributed by atoms with van der Waals surface area (Å²) in [5, 5.41) is 3.41. The lowest BCUT2D eigenvalue weighted by molar-refractivity contribution is 0.751. The summed E-state index contributed by atoms with van der Waals surface area (Å²) in [6, 6.07) is 38.0. The van der Waals surface area contributed by atoms with Crippen LogP contribution in [0.3, 0.4) is 0 Å². The predicted molar refractivity (Wildman–Crippen MR) is 147 cm³/mol. The van der Waals surface area contributed by atoms with Crippen LogP contribution >= 0.6 is 15.9 Å². The smallest absolute Gasteiger partial charge is 0.165 e. The second-order valence-electron chi connectivity index (χ2n) is 8.11. The number of allylic oxidation sites excluding steroid dienone is 2. The monoisotopic (exact) mass is 505 g/mol. The first-order chi connectivity index (χ1) is 16.7. The van der Waals surface area contributed by atoms with E-state index in [2.05, 4.69) is 129 Å². The molecule has 1 aliphatic rings. The van der Waals surface area contributed by atoms with Gasteiger partial charge in [-0.3, -0.25) is 0 Å². The number of nitrogens with zero attached hydrogens (tertiary/aromatic N) is 1. The van der Waals surface area contributed by atoms with Crippen LogP contribution in [0.1, 0.15) is 11.1 Å². The fourth-order valence-electron chi connectivity index (χ4n) is 4.16. The Balaban J connectivity index is 1.47. The number of aliphatic imine (C=N–C) groups is 1. The van der Waals surface area contributed by atoms with Gasteiger partial charge in [0, 0.05) is 11.8 Å². The van der Waals surface area contributed by atoms with E-state index in [1.807, 2.05) is 18.3 Å². The molecule has 1 atom stereocenters. The molecule has 4 aromatic rings. The third-order valence-electron chi connectivity index (χ3n) is 5.91. The van der Waals surface area contributed by atoms with Gasteiger partial charge in [-0.05, 0) is 61.0 Å². The maximum atomic E-state index is 5.86. The van der Waals surface area contributed by atoms with Gasteiger partial charge in [-0.25, -0.2) is 4.99 Å². The highest BCUT2D eigenvalue weighted by Crippen LogP contribution is 2.31. The number of amidine groups is 1. The number of dihydropyridines is 1. The van der Waals surface area contributed by atoms with E-state index in [0.717, 1.165) is 22.3 Å². The van der Waals surface area contributed by atoms with Gasteiger partial charge in [0.15, 0.2) is 4.74 Å². The molecule has 0 spiro atoms. The lowest BCUT2D eigenvalue weighted by Crippen LogP contribution is -2.28. The summed E-state index contributed by atoms with van der Waals surface area (Å²) >= 11 is 3.28. The molecule has 1 aliphatic heterocycles. The summed E-state index contributed by atoms with van der Waals surface area (Å²) in [5.41, 5.74) is 15.0. The zero-order valence-corrected chi connectivity index (χ0v) is 20.1. The Labute approximate surface area is 208 Å². The van der Waals surface area contributed by atoms with E-state index in [1.54, 1.807) is 0 Å². The molecule has 1 unspecified atom stereocenters. The van der Waals surface area contributed by atoms with Crippen LogP contribution in [0.15, 0.2) is 126 Å². The highest BCUT2D eigenvalue weighted by Gasteiger charge is 2.19. The molecule has 34 heavy (non-hydrogen) atoms. The lowest BCUT2D eigenvalue weighted by atomic mass is 9.93. The van der Waals surface area contributed by atoms with Crippen molar-refractivity contribution >= 4 is 31.8 Å². The molecular formula is C30H24BrN3. The third-order valence-corrected chi connectivity index (χ3v) is 6.11. The number of hydrogen-bond donors (Lipinski definition) is 2. The number of nitrogens with two attached hydrogens (primary N) is 1. The normalized spacial score (nSPS) is 15.8. The van der Waals surface area contributed by atoms with Gasteiger partial charge < -0.3 is 11.1 Å². The van der Waals surface area contributed by atoms with Crippen LogP contribution in [0.25, 0.3) is 33.4 Å². The van der Waals surface area contributed by atoms with Gasteiger partial charge in [0.05, 0.1) is 0 Å². The first-order valence-electron chi connectivity index (χ1n) is 11.2. The molecule has 4 aromatic carbocycles. The molecule has 0 aromatic heterocycles. The fraction of sp³-hybridized carbons (Fsp3) is 0.0333. The summed E-state index contributed by atoms with van der Waals surface area (Å²) in [6.07, 6.45) is 3.92. The summed E-state index contributed by atoms with van der Waals surface area (Å²) < 4.78 is 0.362. The molecule has 0 saturated heterocycles. The van der Waals surface area contributed by atoms with E-state index in [1.165, 1.54) is 22.3 Å². The SMILES string of the molecule is NC(Br)=NC1NC=C(c2ccc(-c3ccccc3)cc2)C=C1c1ccc(-c2ccccc2)cc1. The van der Waals surface area contributed by atoms with Gasteiger partial charge in [0.1, 0.15) is 6.17 Å². The van der Waals surface area contributed by atoms with E-state index in [4.69, 9.17) is 5.73 Å². The maximum Gasteiger partial charge on any atom is 0.165 e. The van der Waals surface area contributed by atoms with Gasteiger partial charge in [-0.1, -0.05) is 109 Å². The van der Waals surface area contributed by atoms with Crippen molar-refractivity contribution in [3.05, 3.63) is 133 Å². The molecular weight excluding hydrogens is 482 g/mol. The number of benzene rings is 4. The van der Waals surface area contributed by atoms with E-state index in [0.29, 0.717) is 4.74 Å². The standard InChI is InChI=1S/C30H24BrN3/c31-30(32)34-29-28(26-17-15-24(16-18-26)22-9-5-2-6-10-22)19-27(20-33-29)25-13-11-23(12-14-25)21-7-3-1-4-8-21/h1-20,29,33H,(H2,32,34). The molecule has 0 saturated carbocycles. The molecule has 0 fully saturated rings. The van der Waals surface area contributed by atoms with Gasteiger partial charge >= 0.3 is 0 Å². The molecule has 3 N–H and O–H groups in total. The minimum atomic E-state index is -0.269. The maximum absolute atomic E-state index is 5.86. The fourth-order valence-corrected chi connectivity index (χ4v) is 4.36. The molecule has 3 nitrogen and oxygen atoms in total. The first-order valence-corrected chi connectivity index (χ1v) is 11.9. The molecule has 166 valence electrons. The van der Waals surface area contributed by atoms with Crippen LogP contribution in [0, 0.1) is 0 Å². The zero-order chi connectivity index (χ0) is 23.3. The van der Waals surface area contributed by atoms with Crippen molar-refractivity contribution in [3.63, 3.8) is 0 Å². The predicted octanol–water partition coefficient (Wildman–Crippen LogP) is 7.08. The molecule has 0 aliphatic carbocycles. The molecule has 0 radical (unpaired) electrons. The van der Waals surface area contributed by atoms with Crippen molar-refractivity contribution in [2.24, 2.45) is 10.7 Å². The minimum Gasteiger partial charge on any atom is -0.378 e. The highest BCUT2D eigenvalue weighted by atomic mass is 79.9. The van der Waals surface area contributed by atoms with Crippen LogP contribution in [0.5, 0.6) is 0 Å².